The molecular weight excluding hydrogens is 428 g/mol. The Kier molecular flexibility index (Phi) is 7.45. The normalized spacial score (nSPS) is 11.6. The van der Waals surface area contributed by atoms with Crippen LogP contribution in [0.15, 0.2) is 89.6 Å². The highest BCUT2D eigenvalue weighted by molar-refractivity contribution is 5.96. The van der Waals surface area contributed by atoms with E-state index >= 15 is 0 Å². The van der Waals surface area contributed by atoms with Gasteiger partial charge in [0.15, 0.2) is 11.5 Å². The standard InChI is InChI=1S/C27H26N4O3/c1-19-10-12-21(13-11-19)25-18-24(31-34-25)27(33)30-23(17-20-7-3-2-4-8-20)26(32)29-16-14-22-9-5-6-15-28-22/h2-13,15,18,23H,14,16-17H2,1H3,(H,29,32)(H,30,33)/t23-/m0/s1. The second-order valence-corrected chi connectivity index (χ2v) is 8.02. The molecule has 2 N–H and O–H groups in total. The van der Waals surface area contributed by atoms with Crippen molar-refractivity contribution in [1.82, 2.24) is 20.8 Å². The first-order valence-corrected chi connectivity index (χ1v) is 11.1. The second kappa shape index (κ2) is 11.0. The van der Waals surface area contributed by atoms with Crippen LogP contribution in [-0.2, 0) is 17.6 Å². The van der Waals surface area contributed by atoms with Crippen molar-refractivity contribution in [2.45, 2.75) is 25.8 Å². The minimum atomic E-state index is -0.766. The number of rotatable bonds is 9. The lowest BCUT2D eigenvalue weighted by Gasteiger charge is -2.18. The monoisotopic (exact) mass is 454 g/mol. The van der Waals surface area contributed by atoms with Gasteiger partial charge in [-0.15, -0.1) is 0 Å². The summed E-state index contributed by atoms with van der Waals surface area (Å²) in [7, 11) is 0. The fraction of sp³-hybridized carbons (Fsp3) is 0.185. The fourth-order valence-electron chi connectivity index (χ4n) is 3.51. The molecule has 0 aliphatic heterocycles. The van der Waals surface area contributed by atoms with E-state index in [1.165, 1.54) is 0 Å². The predicted octanol–water partition coefficient (Wildman–Crippen LogP) is 3.75. The van der Waals surface area contributed by atoms with Crippen LogP contribution in [-0.4, -0.2) is 34.5 Å². The Morgan fingerprint density at radius 2 is 1.74 bits per heavy atom. The number of carbonyl (C=O) groups excluding carboxylic acids is 2. The highest BCUT2D eigenvalue weighted by Crippen LogP contribution is 2.20. The van der Waals surface area contributed by atoms with Gasteiger partial charge in [0.1, 0.15) is 6.04 Å². The Balaban J connectivity index is 1.43. The van der Waals surface area contributed by atoms with Crippen molar-refractivity contribution in [3.63, 3.8) is 0 Å². The first-order valence-electron chi connectivity index (χ1n) is 11.1. The number of carbonyl (C=O) groups is 2. The molecule has 4 aromatic rings. The van der Waals surface area contributed by atoms with Crippen molar-refractivity contribution >= 4 is 11.8 Å². The van der Waals surface area contributed by atoms with Crippen LogP contribution < -0.4 is 10.6 Å². The molecule has 0 saturated heterocycles. The van der Waals surface area contributed by atoms with Crippen molar-refractivity contribution in [3.05, 3.63) is 108 Å². The maximum absolute atomic E-state index is 13.0. The van der Waals surface area contributed by atoms with Crippen LogP contribution in [0, 0.1) is 6.92 Å². The topological polar surface area (TPSA) is 97.1 Å². The zero-order chi connectivity index (χ0) is 23.8. The number of benzene rings is 2. The molecule has 0 aliphatic carbocycles. The lowest BCUT2D eigenvalue weighted by Crippen LogP contribution is -2.48. The van der Waals surface area contributed by atoms with Crippen LogP contribution in [0.3, 0.4) is 0 Å². The summed E-state index contributed by atoms with van der Waals surface area (Å²) >= 11 is 0. The van der Waals surface area contributed by atoms with Crippen molar-refractivity contribution in [3.8, 4) is 11.3 Å². The fourth-order valence-corrected chi connectivity index (χ4v) is 3.51. The first-order chi connectivity index (χ1) is 16.6. The quantitative estimate of drug-likeness (QED) is 0.402. The van der Waals surface area contributed by atoms with E-state index in [0.717, 1.165) is 22.4 Å². The van der Waals surface area contributed by atoms with Crippen LogP contribution in [0.1, 0.15) is 27.3 Å². The lowest BCUT2D eigenvalue weighted by molar-refractivity contribution is -0.122. The molecule has 0 fully saturated rings. The van der Waals surface area contributed by atoms with Crippen LogP contribution in [0.2, 0.25) is 0 Å². The van der Waals surface area contributed by atoms with Crippen molar-refractivity contribution in [1.29, 1.82) is 0 Å². The number of pyridine rings is 1. The van der Waals surface area contributed by atoms with E-state index in [4.69, 9.17) is 4.52 Å². The van der Waals surface area contributed by atoms with Gasteiger partial charge in [-0.2, -0.15) is 0 Å². The summed E-state index contributed by atoms with van der Waals surface area (Å²) in [5.41, 5.74) is 3.89. The molecule has 0 saturated carbocycles. The predicted molar refractivity (Wildman–Crippen MR) is 129 cm³/mol. The van der Waals surface area contributed by atoms with Crippen molar-refractivity contribution in [2.24, 2.45) is 0 Å². The number of aryl methyl sites for hydroxylation is 1. The average Bonchev–Trinajstić information content (AvgIpc) is 3.36. The van der Waals surface area contributed by atoms with Gasteiger partial charge in [0.25, 0.3) is 5.91 Å². The van der Waals surface area contributed by atoms with E-state index < -0.39 is 11.9 Å². The minimum absolute atomic E-state index is 0.120. The molecule has 2 aromatic carbocycles. The molecule has 0 aliphatic rings. The van der Waals surface area contributed by atoms with Gasteiger partial charge >= 0.3 is 0 Å². The molecule has 2 aromatic heterocycles. The summed E-state index contributed by atoms with van der Waals surface area (Å²) in [6.45, 7) is 2.41. The Morgan fingerprint density at radius 3 is 2.47 bits per heavy atom. The molecule has 1 atom stereocenters. The molecule has 0 bridgehead atoms. The van der Waals surface area contributed by atoms with Gasteiger partial charge in [-0.25, -0.2) is 0 Å². The summed E-state index contributed by atoms with van der Waals surface area (Å²) in [5, 5.41) is 9.63. The van der Waals surface area contributed by atoms with Gasteiger partial charge in [-0.1, -0.05) is 71.4 Å². The molecule has 0 radical (unpaired) electrons. The van der Waals surface area contributed by atoms with Crippen LogP contribution in [0.4, 0.5) is 0 Å². The van der Waals surface area contributed by atoms with E-state index in [1.54, 1.807) is 12.3 Å². The Bertz CT molecular complexity index is 1220. The molecule has 2 amide bonds. The van der Waals surface area contributed by atoms with E-state index in [0.29, 0.717) is 25.1 Å². The summed E-state index contributed by atoms with van der Waals surface area (Å²) in [4.78, 5) is 30.2. The molecule has 0 spiro atoms. The maximum atomic E-state index is 13.0. The van der Waals surface area contributed by atoms with Crippen LogP contribution >= 0.6 is 0 Å². The van der Waals surface area contributed by atoms with Gasteiger partial charge in [-0.3, -0.25) is 14.6 Å². The third-order valence-corrected chi connectivity index (χ3v) is 5.39. The molecule has 7 heteroatoms. The molecule has 0 unspecified atom stereocenters. The SMILES string of the molecule is Cc1ccc(-c2cc(C(=O)N[C@@H](Cc3ccccc3)C(=O)NCCc3ccccn3)no2)cc1. The number of nitrogens with zero attached hydrogens (tertiary/aromatic N) is 2. The number of hydrogen-bond donors (Lipinski definition) is 2. The third kappa shape index (κ3) is 6.16. The number of nitrogens with one attached hydrogen (secondary N) is 2. The maximum Gasteiger partial charge on any atom is 0.274 e. The second-order valence-electron chi connectivity index (χ2n) is 8.02. The van der Waals surface area contributed by atoms with Gasteiger partial charge in [-0.05, 0) is 24.6 Å². The number of hydrogen-bond acceptors (Lipinski definition) is 5. The van der Waals surface area contributed by atoms with E-state index in [-0.39, 0.29) is 11.6 Å². The van der Waals surface area contributed by atoms with Crippen LogP contribution in [0.5, 0.6) is 0 Å². The smallest absolute Gasteiger partial charge is 0.274 e. The van der Waals surface area contributed by atoms with Crippen molar-refractivity contribution < 1.29 is 14.1 Å². The Labute approximate surface area is 198 Å². The number of aromatic nitrogens is 2. The van der Waals surface area contributed by atoms with Gasteiger partial charge in [0, 0.05) is 42.9 Å². The van der Waals surface area contributed by atoms with E-state index in [9.17, 15) is 9.59 Å². The van der Waals surface area contributed by atoms with Crippen molar-refractivity contribution in [2.75, 3.05) is 6.54 Å². The molecule has 34 heavy (non-hydrogen) atoms. The highest BCUT2D eigenvalue weighted by Gasteiger charge is 2.23. The summed E-state index contributed by atoms with van der Waals surface area (Å²) in [6.07, 6.45) is 2.67. The molecule has 172 valence electrons. The highest BCUT2D eigenvalue weighted by atomic mass is 16.5. The number of amides is 2. The summed E-state index contributed by atoms with van der Waals surface area (Å²) in [6, 6.07) is 23.8. The van der Waals surface area contributed by atoms with Gasteiger partial charge < -0.3 is 15.2 Å². The lowest BCUT2D eigenvalue weighted by atomic mass is 10.0. The van der Waals surface area contributed by atoms with E-state index in [2.05, 4.69) is 20.8 Å². The zero-order valence-corrected chi connectivity index (χ0v) is 18.9. The zero-order valence-electron chi connectivity index (χ0n) is 18.9. The third-order valence-electron chi connectivity index (χ3n) is 5.39. The largest absolute Gasteiger partial charge is 0.355 e. The van der Waals surface area contributed by atoms with E-state index in [1.807, 2.05) is 79.7 Å². The van der Waals surface area contributed by atoms with Gasteiger partial charge in [0.2, 0.25) is 5.91 Å². The molecule has 2 heterocycles. The average molecular weight is 455 g/mol. The molecular formula is C27H26N4O3. The minimum Gasteiger partial charge on any atom is -0.355 e. The first kappa shape index (κ1) is 22.9. The molecule has 4 rings (SSSR count). The molecule has 7 nitrogen and oxygen atoms in total. The van der Waals surface area contributed by atoms with Crippen LogP contribution in [0.25, 0.3) is 11.3 Å². The summed E-state index contributed by atoms with van der Waals surface area (Å²) < 4.78 is 5.37. The Hall–Kier alpha value is -4.26. The Morgan fingerprint density at radius 1 is 0.971 bits per heavy atom. The summed E-state index contributed by atoms with van der Waals surface area (Å²) in [5.74, 6) is -0.247. The van der Waals surface area contributed by atoms with Gasteiger partial charge in [0.05, 0.1) is 0 Å².